The molecule has 0 aliphatic rings. The molecule has 0 radical (unpaired) electrons. The Balaban J connectivity index is 2.37. The van der Waals surface area contributed by atoms with E-state index in [1.807, 2.05) is 24.9 Å². The molecule has 2 aromatic rings. The van der Waals surface area contributed by atoms with Crippen LogP contribution in [0.3, 0.4) is 0 Å². The second-order valence-electron chi connectivity index (χ2n) is 4.20. The van der Waals surface area contributed by atoms with Crippen LogP contribution in [-0.4, -0.2) is 17.0 Å². The highest BCUT2D eigenvalue weighted by molar-refractivity contribution is 9.10. The molecule has 2 rings (SSSR count). The number of hydrogen-bond donors (Lipinski definition) is 1. The zero-order valence-corrected chi connectivity index (χ0v) is 12.2. The van der Waals surface area contributed by atoms with E-state index in [2.05, 4.69) is 25.9 Å². The topological polar surface area (TPSA) is 55.0 Å². The number of anilines is 2. The molecule has 0 fully saturated rings. The molecular weight excluding hydrogens is 311 g/mol. The van der Waals surface area contributed by atoms with Crippen LogP contribution < -0.4 is 10.6 Å². The summed E-state index contributed by atoms with van der Waals surface area (Å²) < 4.78 is 14.4. The standard InChI is InChI=1S/C13H14BrFN4/c1-8(9-5-3-4-6-10(9)15)19(2)13-11(14)12(16)17-7-18-13/h3-8H,1-2H3,(H2,16,17,18). The van der Waals surface area contributed by atoms with Crippen molar-refractivity contribution in [3.8, 4) is 0 Å². The Kier molecular flexibility index (Phi) is 3.99. The fourth-order valence-corrected chi connectivity index (χ4v) is 2.31. The molecule has 0 amide bonds. The highest BCUT2D eigenvalue weighted by Gasteiger charge is 2.19. The van der Waals surface area contributed by atoms with Crippen molar-refractivity contribution in [3.05, 3.63) is 46.4 Å². The first-order chi connectivity index (χ1) is 9.02. The van der Waals surface area contributed by atoms with Crippen molar-refractivity contribution in [3.63, 3.8) is 0 Å². The van der Waals surface area contributed by atoms with Crippen LogP contribution in [0, 0.1) is 5.82 Å². The minimum absolute atomic E-state index is 0.174. The minimum Gasteiger partial charge on any atom is -0.383 e. The number of nitrogens with two attached hydrogens (primary N) is 1. The first-order valence-corrected chi connectivity index (χ1v) is 6.55. The molecule has 1 atom stereocenters. The van der Waals surface area contributed by atoms with Gasteiger partial charge in [-0.15, -0.1) is 0 Å². The largest absolute Gasteiger partial charge is 0.383 e. The Hall–Kier alpha value is -1.69. The minimum atomic E-state index is -0.236. The summed E-state index contributed by atoms with van der Waals surface area (Å²) in [5, 5.41) is 0. The Morgan fingerprint density at radius 2 is 2.00 bits per heavy atom. The SMILES string of the molecule is CC(c1ccccc1F)N(C)c1ncnc(N)c1Br. The van der Waals surface area contributed by atoms with Gasteiger partial charge in [-0.2, -0.15) is 0 Å². The molecule has 1 unspecified atom stereocenters. The molecule has 100 valence electrons. The van der Waals surface area contributed by atoms with Gasteiger partial charge in [-0.25, -0.2) is 14.4 Å². The fourth-order valence-electron chi connectivity index (χ4n) is 1.83. The first-order valence-electron chi connectivity index (χ1n) is 5.75. The average molecular weight is 325 g/mol. The van der Waals surface area contributed by atoms with Crippen LogP contribution in [0.25, 0.3) is 0 Å². The van der Waals surface area contributed by atoms with E-state index in [0.29, 0.717) is 21.7 Å². The Morgan fingerprint density at radius 3 is 2.68 bits per heavy atom. The normalized spacial score (nSPS) is 12.2. The molecule has 0 saturated heterocycles. The lowest BCUT2D eigenvalue weighted by molar-refractivity contribution is 0.584. The molecule has 0 bridgehead atoms. The number of rotatable bonds is 3. The lowest BCUT2D eigenvalue weighted by atomic mass is 10.1. The van der Waals surface area contributed by atoms with E-state index < -0.39 is 0 Å². The predicted octanol–water partition coefficient (Wildman–Crippen LogP) is 3.16. The van der Waals surface area contributed by atoms with E-state index in [1.54, 1.807) is 12.1 Å². The van der Waals surface area contributed by atoms with E-state index in [4.69, 9.17) is 5.73 Å². The molecule has 0 saturated carbocycles. The maximum absolute atomic E-state index is 13.8. The maximum atomic E-state index is 13.8. The lowest BCUT2D eigenvalue weighted by Gasteiger charge is -2.27. The van der Waals surface area contributed by atoms with Crippen LogP contribution >= 0.6 is 15.9 Å². The van der Waals surface area contributed by atoms with Gasteiger partial charge in [0.15, 0.2) is 0 Å². The van der Waals surface area contributed by atoms with Gasteiger partial charge in [0.2, 0.25) is 0 Å². The Morgan fingerprint density at radius 1 is 1.32 bits per heavy atom. The maximum Gasteiger partial charge on any atom is 0.148 e. The quantitative estimate of drug-likeness (QED) is 0.942. The van der Waals surface area contributed by atoms with Crippen molar-refractivity contribution in [1.82, 2.24) is 9.97 Å². The van der Waals surface area contributed by atoms with E-state index in [0.717, 1.165) is 0 Å². The number of nitrogen functional groups attached to an aromatic ring is 1. The van der Waals surface area contributed by atoms with Gasteiger partial charge in [0, 0.05) is 12.6 Å². The lowest BCUT2D eigenvalue weighted by Crippen LogP contribution is -2.24. The van der Waals surface area contributed by atoms with Crippen LogP contribution in [0.1, 0.15) is 18.5 Å². The average Bonchev–Trinajstić information content (AvgIpc) is 2.41. The zero-order chi connectivity index (χ0) is 14.0. The van der Waals surface area contributed by atoms with Gasteiger partial charge in [-0.3, -0.25) is 0 Å². The molecule has 2 N–H and O–H groups in total. The van der Waals surface area contributed by atoms with E-state index in [-0.39, 0.29) is 11.9 Å². The van der Waals surface area contributed by atoms with Crippen molar-refractivity contribution in [2.75, 3.05) is 17.7 Å². The number of nitrogens with zero attached hydrogens (tertiary/aromatic N) is 3. The molecule has 1 heterocycles. The summed E-state index contributed by atoms with van der Waals surface area (Å²) in [5.74, 6) is 0.751. The van der Waals surface area contributed by atoms with Crippen molar-refractivity contribution in [2.24, 2.45) is 0 Å². The van der Waals surface area contributed by atoms with Gasteiger partial charge in [-0.1, -0.05) is 18.2 Å². The van der Waals surface area contributed by atoms with E-state index >= 15 is 0 Å². The number of hydrogen-bond acceptors (Lipinski definition) is 4. The van der Waals surface area contributed by atoms with Crippen LogP contribution in [-0.2, 0) is 0 Å². The molecule has 0 spiro atoms. The summed E-state index contributed by atoms with van der Waals surface area (Å²) in [4.78, 5) is 9.92. The fraction of sp³-hybridized carbons (Fsp3) is 0.231. The van der Waals surface area contributed by atoms with E-state index in [1.165, 1.54) is 12.4 Å². The molecule has 6 heteroatoms. The molecule has 1 aromatic carbocycles. The van der Waals surface area contributed by atoms with Gasteiger partial charge in [0.25, 0.3) is 0 Å². The molecule has 1 aromatic heterocycles. The molecule has 0 aliphatic heterocycles. The summed E-state index contributed by atoms with van der Waals surface area (Å²) in [6.45, 7) is 1.91. The first kappa shape index (κ1) is 13.7. The van der Waals surface area contributed by atoms with Crippen LogP contribution in [0.5, 0.6) is 0 Å². The summed E-state index contributed by atoms with van der Waals surface area (Å²) in [6.07, 6.45) is 1.39. The van der Waals surface area contributed by atoms with Gasteiger partial charge >= 0.3 is 0 Å². The van der Waals surface area contributed by atoms with Gasteiger partial charge in [-0.05, 0) is 28.9 Å². The second kappa shape index (κ2) is 5.52. The third-order valence-corrected chi connectivity index (χ3v) is 3.83. The highest BCUT2D eigenvalue weighted by atomic mass is 79.9. The third-order valence-electron chi connectivity index (χ3n) is 3.07. The van der Waals surface area contributed by atoms with Crippen LogP contribution in [0.2, 0.25) is 0 Å². The summed E-state index contributed by atoms with van der Waals surface area (Å²) in [7, 11) is 1.84. The van der Waals surface area contributed by atoms with Gasteiger partial charge < -0.3 is 10.6 Å². The number of benzene rings is 1. The summed E-state index contributed by atoms with van der Waals surface area (Å²) in [6, 6.07) is 6.51. The predicted molar refractivity (Wildman–Crippen MR) is 77.4 cm³/mol. The smallest absolute Gasteiger partial charge is 0.148 e. The summed E-state index contributed by atoms with van der Waals surface area (Å²) in [5.41, 5.74) is 6.33. The van der Waals surface area contributed by atoms with Crippen LogP contribution in [0.4, 0.5) is 16.0 Å². The second-order valence-corrected chi connectivity index (χ2v) is 5.00. The monoisotopic (exact) mass is 324 g/mol. The molecular formula is C13H14BrFN4. The van der Waals surface area contributed by atoms with Gasteiger partial charge in [0.05, 0.1) is 6.04 Å². The van der Waals surface area contributed by atoms with Crippen molar-refractivity contribution < 1.29 is 4.39 Å². The van der Waals surface area contributed by atoms with Crippen LogP contribution in [0.15, 0.2) is 35.1 Å². The van der Waals surface area contributed by atoms with Gasteiger partial charge in [0.1, 0.15) is 28.3 Å². The van der Waals surface area contributed by atoms with Crippen molar-refractivity contribution in [2.45, 2.75) is 13.0 Å². The Labute approximate surface area is 119 Å². The molecule has 4 nitrogen and oxygen atoms in total. The highest BCUT2D eigenvalue weighted by Crippen LogP contribution is 2.32. The van der Waals surface area contributed by atoms with Crippen molar-refractivity contribution >= 4 is 27.6 Å². The Bertz CT molecular complexity index is 591. The number of halogens is 2. The molecule has 0 aliphatic carbocycles. The number of aromatic nitrogens is 2. The molecule has 19 heavy (non-hydrogen) atoms. The summed E-state index contributed by atoms with van der Waals surface area (Å²) >= 11 is 3.35. The van der Waals surface area contributed by atoms with Crippen molar-refractivity contribution in [1.29, 1.82) is 0 Å². The van der Waals surface area contributed by atoms with E-state index in [9.17, 15) is 4.39 Å². The zero-order valence-electron chi connectivity index (χ0n) is 10.6. The third kappa shape index (κ3) is 2.68.